The Balaban J connectivity index is 2.31. The summed E-state index contributed by atoms with van der Waals surface area (Å²) < 4.78 is 1.39. The third-order valence-electron chi connectivity index (χ3n) is 3.00. The van der Waals surface area contributed by atoms with Gasteiger partial charge in [-0.2, -0.15) is 0 Å². The summed E-state index contributed by atoms with van der Waals surface area (Å²) in [6.45, 7) is 3.91. The molecule has 19 heavy (non-hydrogen) atoms. The zero-order valence-electron chi connectivity index (χ0n) is 11.2. The molecule has 0 saturated carbocycles. The van der Waals surface area contributed by atoms with Gasteiger partial charge in [-0.3, -0.25) is 9.59 Å². The molecule has 0 fully saturated rings. The van der Waals surface area contributed by atoms with Crippen molar-refractivity contribution in [2.45, 2.75) is 13.8 Å². The number of nitrogens with one attached hydrogen (secondary N) is 1. The first-order chi connectivity index (χ1) is 8.99. The Kier molecular flexibility index (Phi) is 3.51. The maximum Gasteiger partial charge on any atom is 0.263 e. The van der Waals surface area contributed by atoms with Crippen molar-refractivity contribution in [3.8, 4) is 0 Å². The maximum atomic E-state index is 12.1. The van der Waals surface area contributed by atoms with Crippen LogP contribution in [0.5, 0.6) is 0 Å². The summed E-state index contributed by atoms with van der Waals surface area (Å²) >= 11 is 0. The maximum absolute atomic E-state index is 12.1. The predicted molar refractivity (Wildman–Crippen MR) is 75.6 cm³/mol. The summed E-state index contributed by atoms with van der Waals surface area (Å²) in [5.74, 6) is -0.381. The van der Waals surface area contributed by atoms with Gasteiger partial charge >= 0.3 is 0 Å². The summed E-state index contributed by atoms with van der Waals surface area (Å²) in [5.41, 5.74) is 2.67. The summed E-state index contributed by atoms with van der Waals surface area (Å²) in [6.07, 6.45) is 1.62. The molecule has 0 bridgehead atoms. The predicted octanol–water partition coefficient (Wildman–Crippen LogP) is 2.25. The third kappa shape index (κ3) is 2.73. The van der Waals surface area contributed by atoms with Crippen molar-refractivity contribution in [1.82, 2.24) is 4.57 Å². The second-order valence-corrected chi connectivity index (χ2v) is 4.61. The summed E-state index contributed by atoms with van der Waals surface area (Å²) in [5, 5.41) is 2.77. The normalized spacial score (nSPS) is 10.3. The Labute approximate surface area is 111 Å². The first-order valence-electron chi connectivity index (χ1n) is 6.03. The number of anilines is 1. The van der Waals surface area contributed by atoms with E-state index in [1.165, 1.54) is 10.6 Å². The lowest BCUT2D eigenvalue weighted by Crippen LogP contribution is -2.27. The molecule has 1 N–H and O–H groups in total. The van der Waals surface area contributed by atoms with Crippen LogP contribution in [0.25, 0.3) is 0 Å². The Morgan fingerprint density at radius 3 is 2.63 bits per heavy atom. The van der Waals surface area contributed by atoms with Crippen LogP contribution in [0.2, 0.25) is 0 Å². The van der Waals surface area contributed by atoms with Gasteiger partial charge in [0.05, 0.1) is 0 Å². The number of hydrogen-bond acceptors (Lipinski definition) is 2. The number of hydrogen-bond donors (Lipinski definition) is 1. The van der Waals surface area contributed by atoms with E-state index in [0.717, 1.165) is 16.8 Å². The van der Waals surface area contributed by atoms with E-state index in [1.807, 2.05) is 32.0 Å². The third-order valence-corrected chi connectivity index (χ3v) is 3.00. The molecule has 0 radical (unpaired) electrons. The van der Waals surface area contributed by atoms with Crippen LogP contribution in [-0.4, -0.2) is 10.5 Å². The van der Waals surface area contributed by atoms with Gasteiger partial charge in [0.25, 0.3) is 11.5 Å². The second-order valence-electron chi connectivity index (χ2n) is 4.61. The van der Waals surface area contributed by atoms with Crippen molar-refractivity contribution in [3.05, 3.63) is 63.6 Å². The molecule has 4 heteroatoms. The number of aromatic nitrogens is 1. The van der Waals surface area contributed by atoms with Crippen molar-refractivity contribution >= 4 is 11.6 Å². The van der Waals surface area contributed by atoms with Crippen molar-refractivity contribution in [2.24, 2.45) is 7.05 Å². The van der Waals surface area contributed by atoms with Crippen LogP contribution in [0.3, 0.4) is 0 Å². The molecular weight excluding hydrogens is 240 g/mol. The molecule has 4 nitrogen and oxygen atoms in total. The van der Waals surface area contributed by atoms with Gasteiger partial charge in [0.2, 0.25) is 0 Å². The van der Waals surface area contributed by atoms with E-state index in [2.05, 4.69) is 5.32 Å². The van der Waals surface area contributed by atoms with Crippen molar-refractivity contribution < 1.29 is 4.79 Å². The van der Waals surface area contributed by atoms with E-state index in [0.29, 0.717) is 0 Å². The van der Waals surface area contributed by atoms with Crippen LogP contribution < -0.4 is 10.9 Å². The molecule has 1 aromatic carbocycles. The largest absolute Gasteiger partial charge is 0.322 e. The van der Waals surface area contributed by atoms with Crippen molar-refractivity contribution in [1.29, 1.82) is 0 Å². The number of amides is 1. The van der Waals surface area contributed by atoms with Gasteiger partial charge in [0.15, 0.2) is 0 Å². The number of pyridine rings is 1. The van der Waals surface area contributed by atoms with Gasteiger partial charge in [-0.05, 0) is 37.6 Å². The quantitative estimate of drug-likeness (QED) is 0.896. The summed E-state index contributed by atoms with van der Waals surface area (Å²) in [6, 6.07) is 8.96. The summed E-state index contributed by atoms with van der Waals surface area (Å²) in [7, 11) is 1.62. The van der Waals surface area contributed by atoms with E-state index in [4.69, 9.17) is 0 Å². The second kappa shape index (κ2) is 5.10. The molecule has 0 spiro atoms. The smallest absolute Gasteiger partial charge is 0.263 e. The molecule has 0 atom stereocenters. The van der Waals surface area contributed by atoms with Gasteiger partial charge in [0, 0.05) is 18.9 Å². The van der Waals surface area contributed by atoms with Crippen LogP contribution in [0.4, 0.5) is 5.69 Å². The first-order valence-corrected chi connectivity index (χ1v) is 6.03. The van der Waals surface area contributed by atoms with E-state index < -0.39 is 0 Å². The SMILES string of the molecule is Cc1ccc(NC(=O)c2cccn(C)c2=O)c(C)c1. The fourth-order valence-corrected chi connectivity index (χ4v) is 1.91. The van der Waals surface area contributed by atoms with E-state index in [-0.39, 0.29) is 17.0 Å². The number of benzene rings is 1. The highest BCUT2D eigenvalue weighted by Crippen LogP contribution is 2.16. The van der Waals surface area contributed by atoms with Crippen LogP contribution in [0.15, 0.2) is 41.3 Å². The zero-order chi connectivity index (χ0) is 14.0. The molecule has 0 aliphatic heterocycles. The number of carbonyl (C=O) groups is 1. The monoisotopic (exact) mass is 256 g/mol. The number of carbonyl (C=O) groups excluding carboxylic acids is 1. The van der Waals surface area contributed by atoms with Gasteiger partial charge in [-0.1, -0.05) is 17.7 Å². The average Bonchev–Trinajstić information content (AvgIpc) is 2.36. The minimum Gasteiger partial charge on any atom is -0.322 e. The molecule has 0 unspecified atom stereocenters. The minimum atomic E-state index is -0.381. The van der Waals surface area contributed by atoms with Crippen LogP contribution >= 0.6 is 0 Å². The van der Waals surface area contributed by atoms with Gasteiger partial charge in [0.1, 0.15) is 5.56 Å². The Morgan fingerprint density at radius 1 is 1.21 bits per heavy atom. The number of rotatable bonds is 2. The first kappa shape index (κ1) is 13.1. The topological polar surface area (TPSA) is 51.1 Å². The Bertz CT molecular complexity index is 687. The molecule has 0 aliphatic rings. The molecule has 1 heterocycles. The zero-order valence-corrected chi connectivity index (χ0v) is 11.2. The lowest BCUT2D eigenvalue weighted by Gasteiger charge is -2.09. The molecule has 0 aliphatic carbocycles. The van der Waals surface area contributed by atoms with E-state index >= 15 is 0 Å². The number of nitrogens with zero attached hydrogens (tertiary/aromatic N) is 1. The highest BCUT2D eigenvalue weighted by Gasteiger charge is 2.12. The van der Waals surface area contributed by atoms with E-state index in [9.17, 15) is 9.59 Å². The fourth-order valence-electron chi connectivity index (χ4n) is 1.91. The molecule has 2 aromatic rings. The number of aryl methyl sites for hydroxylation is 3. The van der Waals surface area contributed by atoms with Crippen molar-refractivity contribution in [3.63, 3.8) is 0 Å². The van der Waals surface area contributed by atoms with E-state index in [1.54, 1.807) is 19.3 Å². The highest BCUT2D eigenvalue weighted by molar-refractivity contribution is 6.04. The van der Waals surface area contributed by atoms with Crippen LogP contribution in [0.1, 0.15) is 21.5 Å². The molecule has 1 amide bonds. The van der Waals surface area contributed by atoms with Gasteiger partial charge in [-0.15, -0.1) is 0 Å². The highest BCUT2D eigenvalue weighted by atomic mass is 16.2. The minimum absolute atomic E-state index is 0.143. The lowest BCUT2D eigenvalue weighted by atomic mass is 10.1. The van der Waals surface area contributed by atoms with Crippen LogP contribution in [-0.2, 0) is 7.05 Å². The van der Waals surface area contributed by atoms with Crippen molar-refractivity contribution in [2.75, 3.05) is 5.32 Å². The molecule has 0 saturated heterocycles. The fraction of sp³-hybridized carbons (Fsp3) is 0.200. The molecular formula is C15H16N2O2. The summed E-state index contributed by atoms with van der Waals surface area (Å²) in [4.78, 5) is 23.9. The Hall–Kier alpha value is -2.36. The Morgan fingerprint density at radius 2 is 1.95 bits per heavy atom. The molecule has 2 rings (SSSR count). The molecule has 98 valence electrons. The standard InChI is InChI=1S/C15H16N2O2/c1-10-6-7-13(11(2)9-10)16-14(18)12-5-4-8-17(3)15(12)19/h4-9H,1-3H3,(H,16,18). The van der Waals surface area contributed by atoms with Gasteiger partial charge < -0.3 is 9.88 Å². The molecule has 1 aromatic heterocycles. The van der Waals surface area contributed by atoms with Crippen LogP contribution in [0, 0.1) is 13.8 Å². The van der Waals surface area contributed by atoms with Gasteiger partial charge in [-0.25, -0.2) is 0 Å². The lowest BCUT2D eigenvalue weighted by molar-refractivity contribution is 0.102. The average molecular weight is 256 g/mol.